The van der Waals surface area contributed by atoms with Gasteiger partial charge in [-0.3, -0.25) is 14.2 Å². The van der Waals surface area contributed by atoms with Gasteiger partial charge in [-0.05, 0) is 50.2 Å². The number of rotatable bonds is 7. The third kappa shape index (κ3) is 4.68. The zero-order valence-corrected chi connectivity index (χ0v) is 18.7. The van der Waals surface area contributed by atoms with Gasteiger partial charge in [0.1, 0.15) is 5.75 Å². The van der Waals surface area contributed by atoms with Crippen LogP contribution in [0.4, 0.5) is 5.69 Å². The predicted octanol–water partition coefficient (Wildman–Crippen LogP) is 4.82. The molecule has 0 aliphatic carbocycles. The van der Waals surface area contributed by atoms with E-state index in [1.165, 1.54) is 11.8 Å². The minimum Gasteiger partial charge on any atom is -0.492 e. The van der Waals surface area contributed by atoms with Crippen LogP contribution in [0, 0.1) is 6.92 Å². The van der Waals surface area contributed by atoms with Crippen LogP contribution < -0.4 is 15.6 Å². The van der Waals surface area contributed by atoms with Crippen LogP contribution in [-0.4, -0.2) is 27.8 Å². The molecule has 0 fully saturated rings. The predicted molar refractivity (Wildman–Crippen MR) is 129 cm³/mol. The van der Waals surface area contributed by atoms with Crippen molar-refractivity contribution in [3.63, 3.8) is 0 Å². The molecule has 0 unspecified atom stereocenters. The SMILES string of the molecule is CCOc1ccccc1NC(=O)CSc1nc2ccccc2c(=O)n1-c1ccc(C)cc1. The number of aryl methyl sites for hydroxylation is 1. The maximum absolute atomic E-state index is 13.3. The summed E-state index contributed by atoms with van der Waals surface area (Å²) in [7, 11) is 0. The van der Waals surface area contributed by atoms with Gasteiger partial charge in [0.15, 0.2) is 5.16 Å². The molecule has 6 nitrogen and oxygen atoms in total. The van der Waals surface area contributed by atoms with E-state index in [4.69, 9.17) is 4.74 Å². The lowest BCUT2D eigenvalue weighted by atomic mass is 10.2. The van der Waals surface area contributed by atoms with Crippen LogP contribution in [-0.2, 0) is 4.79 Å². The highest BCUT2D eigenvalue weighted by molar-refractivity contribution is 7.99. The number of nitrogens with one attached hydrogen (secondary N) is 1. The van der Waals surface area contributed by atoms with Crippen molar-refractivity contribution in [3.8, 4) is 11.4 Å². The molecule has 3 aromatic carbocycles. The van der Waals surface area contributed by atoms with Crippen LogP contribution in [0.25, 0.3) is 16.6 Å². The summed E-state index contributed by atoms with van der Waals surface area (Å²) in [5, 5.41) is 3.88. The molecule has 32 heavy (non-hydrogen) atoms. The number of anilines is 1. The largest absolute Gasteiger partial charge is 0.492 e. The Kier molecular flexibility index (Phi) is 6.56. The molecule has 0 aliphatic rings. The van der Waals surface area contributed by atoms with Crippen molar-refractivity contribution in [2.24, 2.45) is 0 Å². The van der Waals surface area contributed by atoms with Crippen molar-refractivity contribution < 1.29 is 9.53 Å². The summed E-state index contributed by atoms with van der Waals surface area (Å²) in [6, 6.07) is 22.2. The van der Waals surface area contributed by atoms with E-state index < -0.39 is 0 Å². The molecule has 0 bridgehead atoms. The molecular formula is C25H23N3O3S. The second-order valence-corrected chi connectivity index (χ2v) is 8.10. The first-order valence-corrected chi connectivity index (χ1v) is 11.3. The van der Waals surface area contributed by atoms with Crippen molar-refractivity contribution in [1.82, 2.24) is 9.55 Å². The Hall–Kier alpha value is -3.58. The Labute approximate surface area is 190 Å². The van der Waals surface area contributed by atoms with E-state index in [9.17, 15) is 9.59 Å². The minimum atomic E-state index is -0.208. The smallest absolute Gasteiger partial charge is 0.266 e. The second kappa shape index (κ2) is 9.70. The van der Waals surface area contributed by atoms with Gasteiger partial charge in [-0.1, -0.05) is 53.7 Å². The van der Waals surface area contributed by atoms with Gasteiger partial charge in [-0.2, -0.15) is 0 Å². The molecule has 1 amide bonds. The summed E-state index contributed by atoms with van der Waals surface area (Å²) in [6.07, 6.45) is 0. The first kappa shape index (κ1) is 21.6. The molecule has 1 heterocycles. The molecule has 0 aliphatic heterocycles. The number of aromatic nitrogens is 2. The lowest BCUT2D eigenvalue weighted by molar-refractivity contribution is -0.113. The molecule has 1 N–H and O–H groups in total. The number of benzene rings is 3. The van der Waals surface area contributed by atoms with E-state index in [0.29, 0.717) is 39.8 Å². The average Bonchev–Trinajstić information content (AvgIpc) is 2.80. The lowest BCUT2D eigenvalue weighted by Gasteiger charge is -2.14. The highest BCUT2D eigenvalue weighted by Crippen LogP contribution is 2.25. The van der Waals surface area contributed by atoms with Gasteiger partial charge in [-0.25, -0.2) is 4.98 Å². The molecule has 0 atom stereocenters. The van der Waals surface area contributed by atoms with E-state index in [-0.39, 0.29) is 17.2 Å². The van der Waals surface area contributed by atoms with Gasteiger partial charge < -0.3 is 10.1 Å². The summed E-state index contributed by atoms with van der Waals surface area (Å²) in [5.41, 5.74) is 2.86. The fourth-order valence-electron chi connectivity index (χ4n) is 3.30. The summed E-state index contributed by atoms with van der Waals surface area (Å²) in [4.78, 5) is 30.6. The summed E-state index contributed by atoms with van der Waals surface area (Å²) in [5.74, 6) is 0.505. The van der Waals surface area contributed by atoms with Crippen LogP contribution in [0.3, 0.4) is 0 Å². The third-order valence-corrected chi connectivity index (χ3v) is 5.77. The Morgan fingerprint density at radius 1 is 1.03 bits per heavy atom. The van der Waals surface area contributed by atoms with Gasteiger partial charge >= 0.3 is 0 Å². The second-order valence-electron chi connectivity index (χ2n) is 7.15. The number of carbonyl (C=O) groups is 1. The third-order valence-electron chi connectivity index (χ3n) is 4.83. The molecule has 0 radical (unpaired) electrons. The number of fused-ring (bicyclic) bond motifs is 1. The van der Waals surface area contributed by atoms with E-state index in [0.717, 1.165) is 5.56 Å². The van der Waals surface area contributed by atoms with Gasteiger partial charge in [0.05, 0.1) is 34.6 Å². The quantitative estimate of drug-likeness (QED) is 0.326. The number of para-hydroxylation sites is 3. The van der Waals surface area contributed by atoms with Crippen molar-refractivity contribution in [2.75, 3.05) is 17.7 Å². The highest BCUT2D eigenvalue weighted by atomic mass is 32.2. The highest BCUT2D eigenvalue weighted by Gasteiger charge is 2.15. The van der Waals surface area contributed by atoms with Crippen molar-refractivity contribution in [3.05, 3.63) is 88.7 Å². The van der Waals surface area contributed by atoms with Crippen molar-refractivity contribution in [1.29, 1.82) is 0 Å². The molecule has 4 aromatic rings. The van der Waals surface area contributed by atoms with Gasteiger partial charge in [0, 0.05) is 0 Å². The maximum atomic E-state index is 13.3. The molecule has 4 rings (SSSR count). The summed E-state index contributed by atoms with van der Waals surface area (Å²) >= 11 is 1.22. The van der Waals surface area contributed by atoms with Crippen LogP contribution in [0.1, 0.15) is 12.5 Å². The number of thioether (sulfide) groups is 1. The zero-order valence-electron chi connectivity index (χ0n) is 17.9. The standard InChI is InChI=1S/C25H23N3O3S/c1-3-31-22-11-7-6-10-21(22)26-23(29)16-32-25-27-20-9-5-4-8-19(20)24(30)28(25)18-14-12-17(2)13-15-18/h4-15H,3,16H2,1-2H3,(H,26,29). The normalized spacial score (nSPS) is 10.8. The summed E-state index contributed by atoms with van der Waals surface area (Å²) in [6.45, 7) is 4.39. The number of carbonyl (C=O) groups excluding carboxylic acids is 1. The van der Waals surface area contributed by atoms with Crippen LogP contribution >= 0.6 is 11.8 Å². The monoisotopic (exact) mass is 445 g/mol. The lowest BCUT2D eigenvalue weighted by Crippen LogP contribution is -2.23. The van der Waals surface area contributed by atoms with Crippen LogP contribution in [0.5, 0.6) is 5.75 Å². The van der Waals surface area contributed by atoms with Crippen molar-refractivity contribution >= 4 is 34.3 Å². The van der Waals surface area contributed by atoms with Gasteiger partial charge in [0.25, 0.3) is 5.56 Å². The Bertz CT molecular complexity index is 1320. The Balaban J connectivity index is 1.64. The maximum Gasteiger partial charge on any atom is 0.266 e. The molecule has 7 heteroatoms. The minimum absolute atomic E-state index is 0.0943. The first-order chi connectivity index (χ1) is 15.6. The Morgan fingerprint density at radius 2 is 1.75 bits per heavy atom. The molecule has 0 saturated heterocycles. The van der Waals surface area contributed by atoms with E-state index in [2.05, 4.69) is 10.3 Å². The van der Waals surface area contributed by atoms with Gasteiger partial charge in [-0.15, -0.1) is 0 Å². The zero-order chi connectivity index (χ0) is 22.5. The molecule has 162 valence electrons. The number of amides is 1. The number of ether oxygens (including phenoxy) is 1. The van der Waals surface area contributed by atoms with Crippen molar-refractivity contribution in [2.45, 2.75) is 19.0 Å². The molecule has 1 aromatic heterocycles. The summed E-state index contributed by atoms with van der Waals surface area (Å²) < 4.78 is 7.14. The van der Waals surface area contributed by atoms with E-state index >= 15 is 0 Å². The fourth-order valence-corrected chi connectivity index (χ4v) is 4.11. The number of hydrogen-bond donors (Lipinski definition) is 1. The average molecular weight is 446 g/mol. The van der Waals surface area contributed by atoms with E-state index in [1.54, 1.807) is 22.8 Å². The van der Waals surface area contributed by atoms with Gasteiger partial charge in [0.2, 0.25) is 5.91 Å². The number of nitrogens with zero attached hydrogens (tertiary/aromatic N) is 2. The molecular weight excluding hydrogens is 422 g/mol. The first-order valence-electron chi connectivity index (χ1n) is 10.3. The van der Waals surface area contributed by atoms with Crippen LogP contribution in [0.15, 0.2) is 82.7 Å². The molecule has 0 saturated carbocycles. The molecule has 0 spiro atoms. The van der Waals surface area contributed by atoms with Crippen LogP contribution in [0.2, 0.25) is 0 Å². The Morgan fingerprint density at radius 3 is 2.53 bits per heavy atom. The fraction of sp³-hybridized carbons (Fsp3) is 0.160. The number of hydrogen-bond acceptors (Lipinski definition) is 5. The van der Waals surface area contributed by atoms with E-state index in [1.807, 2.05) is 68.4 Å². The topological polar surface area (TPSA) is 73.2 Å².